The summed E-state index contributed by atoms with van der Waals surface area (Å²) in [6, 6.07) is 16.3. The number of aromatic nitrogens is 3. The molecule has 8 nitrogen and oxygen atoms in total. The Balaban J connectivity index is 1.66. The van der Waals surface area contributed by atoms with Gasteiger partial charge >= 0.3 is 0 Å². The van der Waals surface area contributed by atoms with Gasteiger partial charge in [0.25, 0.3) is 5.56 Å². The Kier molecular flexibility index (Phi) is 5.32. The molecule has 0 radical (unpaired) electrons. The maximum atomic E-state index is 13.0. The van der Waals surface area contributed by atoms with Gasteiger partial charge in [-0.2, -0.15) is 5.10 Å². The molecule has 2 heterocycles. The Morgan fingerprint density at radius 1 is 1.13 bits per heavy atom. The van der Waals surface area contributed by atoms with E-state index in [0.29, 0.717) is 22.7 Å². The van der Waals surface area contributed by atoms with Crippen LogP contribution in [0.25, 0.3) is 16.8 Å². The number of carbonyl (C=O) groups is 1. The lowest BCUT2D eigenvalue weighted by Gasteiger charge is -2.09. The van der Waals surface area contributed by atoms with Gasteiger partial charge in [0.1, 0.15) is 17.8 Å². The third-order valence-corrected chi connectivity index (χ3v) is 4.73. The first kappa shape index (κ1) is 19.4. The maximum absolute atomic E-state index is 13.0. The minimum absolute atomic E-state index is 0.177. The zero-order valence-corrected chi connectivity index (χ0v) is 16.3. The van der Waals surface area contributed by atoms with Crippen molar-refractivity contribution in [3.05, 3.63) is 82.9 Å². The first-order chi connectivity index (χ1) is 14.6. The molecule has 1 amide bonds. The molecular formula is C22H20N4O4. The number of nitrogens with zero attached hydrogens (tertiary/aromatic N) is 3. The molecule has 0 aliphatic carbocycles. The fraction of sp³-hybridized carbons (Fsp3) is 0.136. The lowest BCUT2D eigenvalue weighted by molar-refractivity contribution is -0.116. The molecule has 0 aliphatic heterocycles. The van der Waals surface area contributed by atoms with E-state index in [-0.39, 0.29) is 24.6 Å². The highest BCUT2D eigenvalue weighted by Gasteiger charge is 2.18. The second kappa shape index (κ2) is 8.22. The largest absolute Gasteiger partial charge is 0.497 e. The van der Waals surface area contributed by atoms with Crippen LogP contribution in [0.1, 0.15) is 5.56 Å². The van der Waals surface area contributed by atoms with E-state index < -0.39 is 5.56 Å². The second-order valence-electron chi connectivity index (χ2n) is 6.66. The van der Waals surface area contributed by atoms with Gasteiger partial charge in [0.2, 0.25) is 5.91 Å². The quantitative estimate of drug-likeness (QED) is 0.514. The molecule has 2 N–H and O–H groups in total. The van der Waals surface area contributed by atoms with E-state index in [2.05, 4.69) is 10.4 Å². The molecule has 152 valence electrons. The molecule has 0 atom stereocenters. The van der Waals surface area contributed by atoms with Crippen LogP contribution in [-0.2, 0) is 17.9 Å². The van der Waals surface area contributed by atoms with Crippen molar-refractivity contribution >= 4 is 17.1 Å². The van der Waals surface area contributed by atoms with Gasteiger partial charge in [-0.25, -0.2) is 4.52 Å². The van der Waals surface area contributed by atoms with Crippen molar-refractivity contribution in [2.45, 2.75) is 13.2 Å². The summed E-state index contributed by atoms with van der Waals surface area (Å²) in [6.07, 6.45) is 3.10. The van der Waals surface area contributed by atoms with Crippen LogP contribution in [0.4, 0.5) is 5.69 Å². The predicted molar refractivity (Wildman–Crippen MR) is 112 cm³/mol. The molecule has 0 fully saturated rings. The van der Waals surface area contributed by atoms with Crippen LogP contribution in [0.3, 0.4) is 0 Å². The number of hydrogen-bond donors (Lipinski definition) is 2. The number of aliphatic hydroxyl groups is 1. The summed E-state index contributed by atoms with van der Waals surface area (Å²) in [6.45, 7) is -0.522. The molecule has 0 aliphatic rings. The molecule has 0 spiro atoms. The number of ether oxygens (including phenoxy) is 1. The number of benzene rings is 2. The summed E-state index contributed by atoms with van der Waals surface area (Å²) in [5.74, 6) is 0.259. The third kappa shape index (κ3) is 3.68. The molecular weight excluding hydrogens is 384 g/mol. The lowest BCUT2D eigenvalue weighted by atomic mass is 10.1. The average Bonchev–Trinajstić information content (AvgIpc) is 3.16. The smallest absolute Gasteiger partial charge is 0.277 e. The van der Waals surface area contributed by atoms with E-state index in [0.717, 1.165) is 5.56 Å². The van der Waals surface area contributed by atoms with Gasteiger partial charge in [-0.1, -0.05) is 36.4 Å². The SMILES string of the molecule is COc1cccc(NC(=O)Cn2ccn3nc(-c4ccccc4)c(CO)c3c2=O)c1. The molecule has 0 saturated heterocycles. The summed E-state index contributed by atoms with van der Waals surface area (Å²) in [7, 11) is 1.55. The molecule has 30 heavy (non-hydrogen) atoms. The number of nitrogens with one attached hydrogen (secondary N) is 1. The summed E-state index contributed by atoms with van der Waals surface area (Å²) in [5.41, 5.74) is 2.17. The molecule has 0 bridgehead atoms. The van der Waals surface area contributed by atoms with Crippen LogP contribution in [0.5, 0.6) is 5.75 Å². The molecule has 0 unspecified atom stereocenters. The Morgan fingerprint density at radius 3 is 2.67 bits per heavy atom. The van der Waals surface area contributed by atoms with Gasteiger partial charge in [-0.05, 0) is 12.1 Å². The summed E-state index contributed by atoms with van der Waals surface area (Å²) >= 11 is 0. The third-order valence-electron chi connectivity index (χ3n) is 4.73. The van der Waals surface area contributed by atoms with Crippen LogP contribution >= 0.6 is 0 Å². The normalized spacial score (nSPS) is 10.9. The number of rotatable bonds is 6. The van der Waals surface area contributed by atoms with Crippen molar-refractivity contribution < 1.29 is 14.6 Å². The first-order valence-electron chi connectivity index (χ1n) is 9.31. The van der Waals surface area contributed by atoms with E-state index in [1.165, 1.54) is 15.3 Å². The van der Waals surface area contributed by atoms with Gasteiger partial charge in [0, 0.05) is 35.3 Å². The Morgan fingerprint density at radius 2 is 1.93 bits per heavy atom. The van der Waals surface area contributed by atoms with Crippen molar-refractivity contribution in [3.8, 4) is 17.0 Å². The molecule has 2 aromatic carbocycles. The van der Waals surface area contributed by atoms with Gasteiger partial charge in [-0.15, -0.1) is 0 Å². The fourth-order valence-electron chi connectivity index (χ4n) is 3.31. The van der Waals surface area contributed by atoms with E-state index >= 15 is 0 Å². The van der Waals surface area contributed by atoms with Crippen molar-refractivity contribution in [2.24, 2.45) is 0 Å². The number of methoxy groups -OCH3 is 1. The molecule has 0 saturated carbocycles. The van der Waals surface area contributed by atoms with Crippen LogP contribution in [0, 0.1) is 0 Å². The van der Waals surface area contributed by atoms with Crippen LogP contribution in [0.15, 0.2) is 71.8 Å². The first-order valence-corrected chi connectivity index (χ1v) is 9.31. The van der Waals surface area contributed by atoms with Crippen LogP contribution in [-0.4, -0.2) is 32.3 Å². The molecule has 4 rings (SSSR count). The average molecular weight is 404 g/mol. The molecule has 8 heteroatoms. The van der Waals surface area contributed by atoms with Gasteiger partial charge in [0.05, 0.1) is 19.4 Å². The van der Waals surface area contributed by atoms with Crippen LogP contribution < -0.4 is 15.6 Å². The van der Waals surface area contributed by atoms with E-state index in [1.54, 1.807) is 37.6 Å². The minimum atomic E-state index is -0.406. The molecule has 2 aromatic heterocycles. The van der Waals surface area contributed by atoms with E-state index in [9.17, 15) is 14.7 Å². The predicted octanol–water partition coefficient (Wildman–Crippen LogP) is 2.30. The zero-order valence-electron chi connectivity index (χ0n) is 16.3. The number of aliphatic hydroxyl groups excluding tert-OH is 1. The van der Waals surface area contributed by atoms with Gasteiger partial charge in [-0.3, -0.25) is 9.59 Å². The van der Waals surface area contributed by atoms with E-state index in [4.69, 9.17) is 4.74 Å². The maximum Gasteiger partial charge on any atom is 0.277 e. The minimum Gasteiger partial charge on any atom is -0.497 e. The van der Waals surface area contributed by atoms with Crippen molar-refractivity contribution in [2.75, 3.05) is 12.4 Å². The van der Waals surface area contributed by atoms with Crippen LogP contribution in [0.2, 0.25) is 0 Å². The van der Waals surface area contributed by atoms with Crippen molar-refractivity contribution in [1.82, 2.24) is 14.2 Å². The Labute approximate surface area is 172 Å². The number of amides is 1. The topological polar surface area (TPSA) is 97.9 Å². The number of hydrogen-bond acceptors (Lipinski definition) is 5. The van der Waals surface area contributed by atoms with Gasteiger partial charge < -0.3 is 19.7 Å². The monoisotopic (exact) mass is 404 g/mol. The Bertz CT molecular complexity index is 1260. The summed E-state index contributed by atoms with van der Waals surface area (Å²) in [4.78, 5) is 25.5. The second-order valence-corrected chi connectivity index (χ2v) is 6.66. The molecule has 4 aromatic rings. The number of anilines is 1. The summed E-state index contributed by atoms with van der Waals surface area (Å²) in [5, 5.41) is 17.1. The van der Waals surface area contributed by atoms with E-state index in [1.807, 2.05) is 30.3 Å². The Hall–Kier alpha value is -3.91. The zero-order chi connectivity index (χ0) is 21.1. The highest BCUT2D eigenvalue weighted by Crippen LogP contribution is 2.24. The number of carbonyl (C=O) groups excluding carboxylic acids is 1. The highest BCUT2D eigenvalue weighted by molar-refractivity contribution is 5.90. The highest BCUT2D eigenvalue weighted by atomic mass is 16.5. The van der Waals surface area contributed by atoms with Gasteiger partial charge in [0.15, 0.2) is 0 Å². The van der Waals surface area contributed by atoms with Crippen molar-refractivity contribution in [1.29, 1.82) is 0 Å². The summed E-state index contributed by atoms with van der Waals surface area (Å²) < 4.78 is 7.88. The van der Waals surface area contributed by atoms with Crippen molar-refractivity contribution in [3.63, 3.8) is 0 Å². The fourth-order valence-corrected chi connectivity index (χ4v) is 3.31. The number of fused-ring (bicyclic) bond motifs is 1. The lowest BCUT2D eigenvalue weighted by Crippen LogP contribution is -2.28. The standard InChI is InChI=1S/C22H20N4O4/c1-30-17-9-5-8-16(12-17)23-19(28)13-25-10-11-26-21(22(25)29)18(14-27)20(24-26)15-6-3-2-4-7-15/h2-12,27H,13-14H2,1H3,(H,23,28).